The van der Waals surface area contributed by atoms with Gasteiger partial charge in [-0.3, -0.25) is 9.59 Å². The SMILES string of the molecule is O=C1c2ccccc2C(=O)c2c1c1n(c2-c2cccc3ccccc23)CCc2ccccc2-1. The van der Waals surface area contributed by atoms with Gasteiger partial charge in [-0.25, -0.2) is 0 Å². The zero-order valence-corrected chi connectivity index (χ0v) is 17.8. The van der Waals surface area contributed by atoms with E-state index in [1.54, 1.807) is 12.1 Å². The minimum absolute atomic E-state index is 0.0628. The summed E-state index contributed by atoms with van der Waals surface area (Å²) >= 11 is 0. The van der Waals surface area contributed by atoms with E-state index in [0.717, 1.165) is 46.3 Å². The Morgan fingerprint density at radius 3 is 1.85 bits per heavy atom. The highest BCUT2D eigenvalue weighted by Gasteiger charge is 2.40. The van der Waals surface area contributed by atoms with Gasteiger partial charge < -0.3 is 4.57 Å². The highest BCUT2D eigenvalue weighted by molar-refractivity contribution is 6.32. The maximum Gasteiger partial charge on any atom is 0.196 e. The van der Waals surface area contributed by atoms with E-state index in [1.165, 1.54) is 5.56 Å². The fraction of sp³-hybridized carbons (Fsp3) is 0.0667. The number of carbonyl (C=O) groups excluding carboxylic acids is 2. The Morgan fingerprint density at radius 2 is 1.09 bits per heavy atom. The summed E-state index contributed by atoms with van der Waals surface area (Å²) in [5, 5.41) is 2.20. The third kappa shape index (κ3) is 2.39. The van der Waals surface area contributed by atoms with Gasteiger partial charge in [-0.2, -0.15) is 0 Å². The Bertz CT molecular complexity index is 1650. The lowest BCUT2D eigenvalue weighted by Crippen LogP contribution is -2.20. The van der Waals surface area contributed by atoms with E-state index >= 15 is 0 Å². The maximum absolute atomic E-state index is 13.9. The molecule has 2 aliphatic rings. The van der Waals surface area contributed by atoms with Crippen molar-refractivity contribution in [1.82, 2.24) is 4.57 Å². The minimum atomic E-state index is -0.0671. The van der Waals surface area contributed by atoms with E-state index in [0.29, 0.717) is 22.3 Å². The van der Waals surface area contributed by atoms with E-state index in [-0.39, 0.29) is 11.6 Å². The van der Waals surface area contributed by atoms with Crippen LogP contribution in [0, 0.1) is 0 Å². The van der Waals surface area contributed by atoms with Crippen LogP contribution in [0.2, 0.25) is 0 Å². The summed E-state index contributed by atoms with van der Waals surface area (Å²) in [6.07, 6.45) is 0.865. The predicted molar refractivity (Wildman–Crippen MR) is 130 cm³/mol. The molecule has 0 unspecified atom stereocenters. The van der Waals surface area contributed by atoms with Crippen LogP contribution in [0.15, 0.2) is 91.0 Å². The highest BCUT2D eigenvalue weighted by atomic mass is 16.1. The quantitative estimate of drug-likeness (QED) is 0.310. The van der Waals surface area contributed by atoms with Crippen molar-refractivity contribution in [2.24, 2.45) is 0 Å². The van der Waals surface area contributed by atoms with Crippen molar-refractivity contribution in [1.29, 1.82) is 0 Å². The van der Waals surface area contributed by atoms with Crippen molar-refractivity contribution < 1.29 is 9.59 Å². The first-order chi connectivity index (χ1) is 16.2. The monoisotopic (exact) mass is 425 g/mol. The van der Waals surface area contributed by atoms with Crippen LogP contribution in [-0.2, 0) is 13.0 Å². The van der Waals surface area contributed by atoms with Gasteiger partial charge >= 0.3 is 0 Å². The van der Waals surface area contributed by atoms with E-state index in [1.807, 2.05) is 42.5 Å². The van der Waals surface area contributed by atoms with Gasteiger partial charge in [0.25, 0.3) is 0 Å². The topological polar surface area (TPSA) is 39.1 Å². The molecule has 1 aliphatic carbocycles. The third-order valence-electron chi connectivity index (χ3n) is 7.06. The van der Waals surface area contributed by atoms with Gasteiger partial charge in [0, 0.05) is 28.8 Å². The first-order valence-corrected chi connectivity index (χ1v) is 11.3. The zero-order chi connectivity index (χ0) is 22.1. The molecule has 0 fully saturated rings. The zero-order valence-electron chi connectivity index (χ0n) is 17.8. The third-order valence-corrected chi connectivity index (χ3v) is 7.06. The fourth-order valence-corrected chi connectivity index (χ4v) is 5.63. The summed E-state index contributed by atoms with van der Waals surface area (Å²) in [5.41, 5.74) is 7.08. The van der Waals surface area contributed by atoms with Crippen LogP contribution in [0.1, 0.15) is 37.4 Å². The highest BCUT2D eigenvalue weighted by Crippen LogP contribution is 2.46. The smallest absolute Gasteiger partial charge is 0.196 e. The predicted octanol–water partition coefficient (Wildman–Crippen LogP) is 6.31. The van der Waals surface area contributed by atoms with Crippen LogP contribution in [0.5, 0.6) is 0 Å². The van der Waals surface area contributed by atoms with Crippen LogP contribution >= 0.6 is 0 Å². The molecule has 3 heteroatoms. The molecule has 33 heavy (non-hydrogen) atoms. The Kier molecular flexibility index (Phi) is 3.68. The number of benzene rings is 4. The number of rotatable bonds is 1. The van der Waals surface area contributed by atoms with Crippen LogP contribution < -0.4 is 0 Å². The second kappa shape index (κ2) is 6.63. The molecule has 0 N–H and O–H groups in total. The number of hydrogen-bond donors (Lipinski definition) is 0. The number of nitrogens with zero attached hydrogens (tertiary/aromatic N) is 1. The molecule has 0 atom stereocenters. The van der Waals surface area contributed by atoms with Gasteiger partial charge in [0.15, 0.2) is 11.6 Å². The first kappa shape index (κ1) is 18.3. The van der Waals surface area contributed by atoms with E-state index < -0.39 is 0 Å². The van der Waals surface area contributed by atoms with Crippen molar-refractivity contribution in [2.45, 2.75) is 13.0 Å². The van der Waals surface area contributed by atoms with E-state index in [4.69, 9.17) is 0 Å². The normalized spacial score (nSPS) is 13.9. The summed E-state index contributed by atoms with van der Waals surface area (Å²) in [5.74, 6) is -0.130. The Balaban J connectivity index is 1.66. The molecular formula is C30H19NO2. The molecular weight excluding hydrogens is 406 g/mol. The molecule has 3 nitrogen and oxygen atoms in total. The second-order valence-corrected chi connectivity index (χ2v) is 8.74. The molecule has 0 radical (unpaired) electrons. The lowest BCUT2D eigenvalue weighted by molar-refractivity contribution is 0.0981. The van der Waals surface area contributed by atoms with Gasteiger partial charge in [-0.1, -0.05) is 91.0 Å². The largest absolute Gasteiger partial charge is 0.339 e. The first-order valence-electron chi connectivity index (χ1n) is 11.3. The summed E-state index contributed by atoms with van der Waals surface area (Å²) < 4.78 is 2.22. The van der Waals surface area contributed by atoms with Crippen molar-refractivity contribution in [3.05, 3.63) is 119 Å². The average molecular weight is 425 g/mol. The van der Waals surface area contributed by atoms with Crippen molar-refractivity contribution in [2.75, 3.05) is 0 Å². The molecule has 5 aromatic rings. The van der Waals surface area contributed by atoms with Crippen LogP contribution in [0.3, 0.4) is 0 Å². The molecule has 0 saturated carbocycles. The number of aryl methyl sites for hydroxylation is 1. The maximum atomic E-state index is 13.9. The molecule has 7 rings (SSSR count). The summed E-state index contributed by atoms with van der Waals surface area (Å²) in [6, 6.07) is 29.9. The molecule has 1 aromatic heterocycles. The molecule has 4 aromatic carbocycles. The van der Waals surface area contributed by atoms with Gasteiger partial charge in [0.05, 0.1) is 22.5 Å². The van der Waals surface area contributed by atoms with Crippen molar-refractivity contribution >= 4 is 22.3 Å². The molecule has 156 valence electrons. The van der Waals surface area contributed by atoms with Gasteiger partial charge in [-0.15, -0.1) is 0 Å². The van der Waals surface area contributed by atoms with Crippen LogP contribution in [-0.4, -0.2) is 16.1 Å². The molecule has 1 aliphatic heterocycles. The van der Waals surface area contributed by atoms with Crippen LogP contribution in [0.4, 0.5) is 0 Å². The molecule has 0 amide bonds. The lowest BCUT2D eigenvalue weighted by Gasteiger charge is -2.22. The molecule has 0 saturated heterocycles. The number of fused-ring (bicyclic) bond motifs is 7. The Labute approximate surface area is 190 Å². The van der Waals surface area contributed by atoms with E-state index in [9.17, 15) is 9.59 Å². The van der Waals surface area contributed by atoms with Crippen LogP contribution in [0.25, 0.3) is 33.3 Å². The number of ketones is 2. The molecule has 0 spiro atoms. The summed E-state index contributed by atoms with van der Waals surface area (Å²) in [4.78, 5) is 27.8. The number of aromatic nitrogens is 1. The van der Waals surface area contributed by atoms with Crippen molar-refractivity contribution in [3.8, 4) is 22.5 Å². The number of carbonyl (C=O) groups is 2. The standard InChI is InChI=1S/C30H19NO2/c32-29-23-13-5-6-14-24(23)30(33)26-25(29)27-21-12-4-2-9-19(21)16-17-31(27)28(26)22-15-7-10-18-8-1-3-11-20(18)22/h1-15H,16-17H2. The molecule has 2 heterocycles. The van der Waals surface area contributed by atoms with Gasteiger partial charge in [0.1, 0.15) is 0 Å². The molecule has 0 bridgehead atoms. The Hall–Kier alpha value is -4.24. The number of hydrogen-bond acceptors (Lipinski definition) is 2. The fourth-order valence-electron chi connectivity index (χ4n) is 5.63. The summed E-state index contributed by atoms with van der Waals surface area (Å²) in [6.45, 7) is 0.731. The van der Waals surface area contributed by atoms with E-state index in [2.05, 4.69) is 41.0 Å². The average Bonchev–Trinajstić information content (AvgIpc) is 3.23. The lowest BCUT2D eigenvalue weighted by atomic mass is 9.82. The second-order valence-electron chi connectivity index (χ2n) is 8.74. The minimum Gasteiger partial charge on any atom is -0.339 e. The summed E-state index contributed by atoms with van der Waals surface area (Å²) in [7, 11) is 0. The Morgan fingerprint density at radius 1 is 0.545 bits per heavy atom. The van der Waals surface area contributed by atoms with Gasteiger partial charge in [0.2, 0.25) is 0 Å². The van der Waals surface area contributed by atoms with Crippen molar-refractivity contribution in [3.63, 3.8) is 0 Å². The van der Waals surface area contributed by atoms with Gasteiger partial charge in [-0.05, 0) is 22.8 Å².